The third kappa shape index (κ3) is 4.02. The highest BCUT2D eigenvalue weighted by molar-refractivity contribution is 7.97. The lowest BCUT2D eigenvalue weighted by atomic mass is 10.9. The van der Waals surface area contributed by atoms with Crippen LogP contribution in [0.1, 0.15) is 6.92 Å². The summed E-state index contributed by atoms with van der Waals surface area (Å²) in [4.78, 5) is 0. The maximum absolute atomic E-state index is 3.76. The average Bonchev–Trinajstić information content (AvgIpc) is 1.41. The van der Waals surface area contributed by atoms with E-state index in [1.807, 2.05) is 13.2 Å². The third-order valence-corrected chi connectivity index (χ3v) is 0.632. The van der Waals surface area contributed by atoms with Gasteiger partial charge in [-0.2, -0.15) is 0 Å². The summed E-state index contributed by atoms with van der Waals surface area (Å²) in [7, 11) is 0. The molecule has 0 saturated heterocycles. The number of hydrogen-bond acceptors (Lipinski definition) is 2. The Morgan fingerprint density at radius 1 is 1.80 bits per heavy atom. The Labute approximate surface area is 36.6 Å². The first-order chi connectivity index (χ1) is 2.41. The summed E-state index contributed by atoms with van der Waals surface area (Å²) < 4.78 is 3.76. The van der Waals surface area contributed by atoms with E-state index < -0.39 is 0 Å². The van der Waals surface area contributed by atoms with Gasteiger partial charge in [0.25, 0.3) is 0 Å². The highest BCUT2D eigenvalue weighted by Crippen LogP contribution is 1.87. The zero-order chi connectivity index (χ0) is 4.12. The summed E-state index contributed by atoms with van der Waals surface area (Å²) in [5.41, 5.74) is 0. The van der Waals surface area contributed by atoms with Crippen molar-refractivity contribution in [3.63, 3.8) is 0 Å². The van der Waals surface area contributed by atoms with Gasteiger partial charge in [-0.1, -0.05) is 0 Å². The second kappa shape index (κ2) is 4.02. The molecule has 0 aliphatic rings. The second-order valence-corrected chi connectivity index (χ2v) is 1.12. The predicted molar refractivity (Wildman–Crippen MR) is 27.7 cm³/mol. The number of hydrogen-bond donors (Lipinski definition) is 0. The van der Waals surface area contributed by atoms with Gasteiger partial charge in [-0.25, -0.2) is 4.40 Å². The smallest absolute Gasteiger partial charge is 0.00946 e. The summed E-state index contributed by atoms with van der Waals surface area (Å²) in [6.45, 7) is 1.90. The molecule has 0 radical (unpaired) electrons. The fourth-order valence-electron chi connectivity index (χ4n) is 0.105. The molecule has 0 fully saturated rings. The van der Waals surface area contributed by atoms with Crippen LogP contribution in [0.4, 0.5) is 0 Å². The third-order valence-electron chi connectivity index (χ3n) is 0.211. The molecule has 0 N–H and O–H groups in total. The van der Waals surface area contributed by atoms with E-state index in [1.54, 1.807) is 6.21 Å². The van der Waals surface area contributed by atoms with Crippen molar-refractivity contribution >= 4 is 18.2 Å². The van der Waals surface area contributed by atoms with Gasteiger partial charge in [-0.15, -0.1) is 0 Å². The highest BCUT2D eigenvalue weighted by atomic mass is 32.2. The van der Waals surface area contributed by atoms with Crippen molar-refractivity contribution in [2.75, 3.05) is 6.26 Å². The van der Waals surface area contributed by atoms with E-state index in [9.17, 15) is 0 Å². The summed E-state index contributed by atoms with van der Waals surface area (Å²) >= 11 is 1.47. The van der Waals surface area contributed by atoms with E-state index in [0.717, 1.165) is 0 Å². The molecular formula is C3H7NS. The fraction of sp³-hybridized carbons (Fsp3) is 0.667. The van der Waals surface area contributed by atoms with Crippen LogP contribution in [0.3, 0.4) is 0 Å². The number of nitrogens with zero attached hydrogens (tertiary/aromatic N) is 1. The van der Waals surface area contributed by atoms with Crippen molar-refractivity contribution < 1.29 is 0 Å². The molecule has 0 saturated carbocycles. The van der Waals surface area contributed by atoms with Crippen LogP contribution in [0.5, 0.6) is 0 Å². The summed E-state index contributed by atoms with van der Waals surface area (Å²) in [6.07, 6.45) is 3.70. The molecule has 0 aliphatic heterocycles. The van der Waals surface area contributed by atoms with Gasteiger partial charge in [-0.05, 0) is 18.9 Å². The van der Waals surface area contributed by atoms with Crippen molar-refractivity contribution in [1.29, 1.82) is 0 Å². The lowest BCUT2D eigenvalue weighted by Gasteiger charge is -1.66. The van der Waals surface area contributed by atoms with Crippen LogP contribution in [0, 0.1) is 0 Å². The standard InChI is InChI=1S/C3H7NS/c1-3-4-5-2/h3H,1-2H3/b4-3+. The first-order valence-electron chi connectivity index (χ1n) is 1.43. The zero-order valence-corrected chi connectivity index (χ0v) is 4.25. The summed E-state index contributed by atoms with van der Waals surface area (Å²) in [5.74, 6) is 0. The van der Waals surface area contributed by atoms with Crippen LogP contribution in [-0.4, -0.2) is 12.5 Å². The maximum atomic E-state index is 3.76. The SMILES string of the molecule is C/C=N/SC. The van der Waals surface area contributed by atoms with Gasteiger partial charge >= 0.3 is 0 Å². The Hall–Kier alpha value is 0.0200. The Bertz CT molecular complexity index is 33.9. The van der Waals surface area contributed by atoms with Gasteiger partial charge in [0, 0.05) is 12.5 Å². The van der Waals surface area contributed by atoms with Crippen molar-refractivity contribution in [2.24, 2.45) is 4.40 Å². The van der Waals surface area contributed by atoms with Gasteiger partial charge in [-0.3, -0.25) is 0 Å². The molecule has 0 aromatic heterocycles. The highest BCUT2D eigenvalue weighted by Gasteiger charge is 1.51. The van der Waals surface area contributed by atoms with Gasteiger partial charge in [0.2, 0.25) is 0 Å². The topological polar surface area (TPSA) is 12.4 Å². The Kier molecular flexibility index (Phi) is 4.04. The molecular weight excluding hydrogens is 82.1 g/mol. The van der Waals surface area contributed by atoms with E-state index in [2.05, 4.69) is 4.40 Å². The molecule has 0 aromatic carbocycles. The lowest BCUT2D eigenvalue weighted by Crippen LogP contribution is -1.46. The minimum atomic E-state index is 1.47. The molecule has 5 heavy (non-hydrogen) atoms. The van der Waals surface area contributed by atoms with Crippen LogP contribution in [0.15, 0.2) is 4.40 Å². The Morgan fingerprint density at radius 2 is 2.40 bits per heavy atom. The van der Waals surface area contributed by atoms with E-state index in [1.165, 1.54) is 11.9 Å². The van der Waals surface area contributed by atoms with Crippen LogP contribution < -0.4 is 0 Å². The van der Waals surface area contributed by atoms with Gasteiger partial charge in [0.1, 0.15) is 0 Å². The van der Waals surface area contributed by atoms with Crippen LogP contribution in [-0.2, 0) is 0 Å². The molecule has 2 heteroatoms. The van der Waals surface area contributed by atoms with Gasteiger partial charge in [0.05, 0.1) is 0 Å². The minimum absolute atomic E-state index is 1.47. The number of rotatable bonds is 1. The molecule has 0 amide bonds. The van der Waals surface area contributed by atoms with Crippen molar-refractivity contribution in [2.45, 2.75) is 6.92 Å². The first-order valence-corrected chi connectivity index (χ1v) is 2.61. The van der Waals surface area contributed by atoms with Crippen LogP contribution in [0.2, 0.25) is 0 Å². The summed E-state index contributed by atoms with van der Waals surface area (Å²) in [5, 5.41) is 0. The fourth-order valence-corrected chi connectivity index (χ4v) is 0.316. The zero-order valence-electron chi connectivity index (χ0n) is 3.43. The van der Waals surface area contributed by atoms with Crippen molar-refractivity contribution in [1.82, 2.24) is 0 Å². The Morgan fingerprint density at radius 3 is 2.40 bits per heavy atom. The molecule has 0 spiro atoms. The maximum Gasteiger partial charge on any atom is 0.00946 e. The molecule has 0 atom stereocenters. The van der Waals surface area contributed by atoms with Crippen LogP contribution in [0.25, 0.3) is 0 Å². The van der Waals surface area contributed by atoms with E-state index in [-0.39, 0.29) is 0 Å². The predicted octanol–water partition coefficient (Wildman–Crippen LogP) is 1.36. The lowest BCUT2D eigenvalue weighted by molar-refractivity contribution is 1.88. The minimum Gasteiger partial charge on any atom is -0.230 e. The van der Waals surface area contributed by atoms with Gasteiger partial charge < -0.3 is 0 Å². The van der Waals surface area contributed by atoms with Crippen LogP contribution >= 0.6 is 11.9 Å². The molecule has 0 aliphatic carbocycles. The Balaban J connectivity index is 2.62. The molecule has 0 rings (SSSR count). The molecule has 0 unspecified atom stereocenters. The molecule has 0 heterocycles. The normalized spacial score (nSPS) is 10.0. The molecule has 30 valence electrons. The molecule has 1 nitrogen and oxygen atoms in total. The summed E-state index contributed by atoms with van der Waals surface area (Å²) in [6, 6.07) is 0. The molecule has 0 aromatic rings. The van der Waals surface area contributed by atoms with Crippen molar-refractivity contribution in [3.8, 4) is 0 Å². The quantitative estimate of drug-likeness (QED) is 0.349. The monoisotopic (exact) mass is 89.0 g/mol. The van der Waals surface area contributed by atoms with E-state index in [4.69, 9.17) is 0 Å². The van der Waals surface area contributed by atoms with E-state index in [0.29, 0.717) is 0 Å². The first kappa shape index (κ1) is 5.02. The van der Waals surface area contributed by atoms with Crippen molar-refractivity contribution in [3.05, 3.63) is 0 Å². The average molecular weight is 89.2 g/mol. The van der Waals surface area contributed by atoms with E-state index >= 15 is 0 Å². The largest absolute Gasteiger partial charge is 0.230 e. The van der Waals surface area contributed by atoms with Gasteiger partial charge in [0.15, 0.2) is 0 Å². The molecule has 0 bridgehead atoms. The second-order valence-electron chi connectivity index (χ2n) is 0.546.